The summed E-state index contributed by atoms with van der Waals surface area (Å²) in [7, 11) is -3.17. The van der Waals surface area contributed by atoms with Gasteiger partial charge in [-0.3, -0.25) is 0 Å². The SMILES string of the molecule is CCCC(N)C(CC)S(=O)(=O)Cc1ccccc1. The van der Waals surface area contributed by atoms with Crippen molar-refractivity contribution in [3.63, 3.8) is 0 Å². The van der Waals surface area contributed by atoms with E-state index in [0.29, 0.717) is 6.42 Å². The van der Waals surface area contributed by atoms with Crippen LogP contribution in [0.15, 0.2) is 30.3 Å². The molecule has 18 heavy (non-hydrogen) atoms. The van der Waals surface area contributed by atoms with Gasteiger partial charge in [0.05, 0.1) is 11.0 Å². The number of nitrogens with two attached hydrogens (primary N) is 1. The fraction of sp³-hybridized carbons (Fsp3) is 0.571. The van der Waals surface area contributed by atoms with E-state index in [-0.39, 0.29) is 11.8 Å². The van der Waals surface area contributed by atoms with Crippen molar-refractivity contribution in [2.75, 3.05) is 0 Å². The van der Waals surface area contributed by atoms with E-state index >= 15 is 0 Å². The number of rotatable bonds is 7. The summed E-state index contributed by atoms with van der Waals surface area (Å²) in [4.78, 5) is 0. The Morgan fingerprint density at radius 2 is 1.78 bits per heavy atom. The number of sulfone groups is 1. The molecule has 0 saturated carbocycles. The first-order valence-electron chi connectivity index (χ1n) is 6.52. The van der Waals surface area contributed by atoms with Crippen LogP contribution in [-0.4, -0.2) is 19.7 Å². The highest BCUT2D eigenvalue weighted by molar-refractivity contribution is 7.91. The zero-order valence-corrected chi connectivity index (χ0v) is 12.0. The second-order valence-electron chi connectivity index (χ2n) is 4.69. The quantitative estimate of drug-likeness (QED) is 0.827. The molecule has 0 saturated heterocycles. The van der Waals surface area contributed by atoms with E-state index in [4.69, 9.17) is 5.73 Å². The Balaban J connectivity index is 2.84. The van der Waals surface area contributed by atoms with Gasteiger partial charge in [0, 0.05) is 6.04 Å². The molecule has 4 heteroatoms. The van der Waals surface area contributed by atoms with Gasteiger partial charge in [-0.1, -0.05) is 50.6 Å². The Kier molecular flexibility index (Phi) is 5.82. The Morgan fingerprint density at radius 1 is 1.17 bits per heavy atom. The predicted molar refractivity (Wildman–Crippen MR) is 76.0 cm³/mol. The van der Waals surface area contributed by atoms with E-state index in [1.807, 2.05) is 44.2 Å². The van der Waals surface area contributed by atoms with Gasteiger partial charge in [-0.2, -0.15) is 0 Å². The van der Waals surface area contributed by atoms with Crippen molar-refractivity contribution in [2.45, 2.75) is 50.2 Å². The highest BCUT2D eigenvalue weighted by Gasteiger charge is 2.29. The van der Waals surface area contributed by atoms with Crippen LogP contribution in [0.2, 0.25) is 0 Å². The van der Waals surface area contributed by atoms with Gasteiger partial charge in [0.15, 0.2) is 9.84 Å². The fourth-order valence-electron chi connectivity index (χ4n) is 2.26. The van der Waals surface area contributed by atoms with Crippen molar-refractivity contribution >= 4 is 9.84 Å². The summed E-state index contributed by atoms with van der Waals surface area (Å²) in [6.45, 7) is 3.92. The van der Waals surface area contributed by atoms with Crippen LogP contribution >= 0.6 is 0 Å². The number of hydrogen-bond donors (Lipinski definition) is 1. The lowest BCUT2D eigenvalue weighted by Gasteiger charge is -2.22. The monoisotopic (exact) mass is 269 g/mol. The second kappa shape index (κ2) is 6.90. The maximum atomic E-state index is 12.4. The summed E-state index contributed by atoms with van der Waals surface area (Å²) in [5.41, 5.74) is 6.83. The number of hydrogen-bond acceptors (Lipinski definition) is 3. The highest BCUT2D eigenvalue weighted by atomic mass is 32.2. The minimum atomic E-state index is -3.17. The molecule has 2 N–H and O–H groups in total. The smallest absolute Gasteiger partial charge is 0.158 e. The largest absolute Gasteiger partial charge is 0.327 e. The molecule has 2 unspecified atom stereocenters. The molecule has 0 fully saturated rings. The summed E-state index contributed by atoms with van der Waals surface area (Å²) in [6, 6.07) is 9.03. The molecular formula is C14H23NO2S. The molecule has 0 aliphatic rings. The molecule has 1 rings (SSSR count). The average Bonchev–Trinajstić information content (AvgIpc) is 2.30. The van der Waals surface area contributed by atoms with Gasteiger partial charge in [-0.25, -0.2) is 8.42 Å². The van der Waals surface area contributed by atoms with Crippen LogP contribution < -0.4 is 5.73 Å². The van der Waals surface area contributed by atoms with Crippen molar-refractivity contribution in [3.8, 4) is 0 Å². The molecule has 1 aromatic rings. The van der Waals surface area contributed by atoms with Gasteiger partial charge in [-0.05, 0) is 18.4 Å². The van der Waals surface area contributed by atoms with E-state index in [1.54, 1.807) is 0 Å². The van der Waals surface area contributed by atoms with E-state index in [0.717, 1.165) is 18.4 Å². The summed E-state index contributed by atoms with van der Waals surface area (Å²) >= 11 is 0. The van der Waals surface area contributed by atoms with Crippen LogP contribution in [0.25, 0.3) is 0 Å². The molecule has 0 amide bonds. The molecule has 0 spiro atoms. The minimum absolute atomic E-state index is 0.0871. The standard InChI is InChI=1S/C14H23NO2S/c1-3-8-13(15)14(4-2)18(16,17)11-12-9-6-5-7-10-12/h5-7,9-10,13-14H,3-4,8,11,15H2,1-2H3. The van der Waals surface area contributed by atoms with Crippen LogP contribution in [0.4, 0.5) is 0 Å². The van der Waals surface area contributed by atoms with Gasteiger partial charge in [0.25, 0.3) is 0 Å². The zero-order valence-electron chi connectivity index (χ0n) is 11.2. The molecular weight excluding hydrogens is 246 g/mol. The molecule has 102 valence electrons. The molecule has 0 bridgehead atoms. The zero-order chi connectivity index (χ0) is 13.6. The Morgan fingerprint density at radius 3 is 2.28 bits per heavy atom. The summed E-state index contributed by atoms with van der Waals surface area (Å²) in [5.74, 6) is 0.0871. The molecule has 2 atom stereocenters. The summed E-state index contributed by atoms with van der Waals surface area (Å²) < 4.78 is 24.7. The van der Waals surface area contributed by atoms with Gasteiger partial charge in [0.1, 0.15) is 0 Å². The molecule has 1 aromatic carbocycles. The molecule has 3 nitrogen and oxygen atoms in total. The normalized spacial score (nSPS) is 15.3. The van der Waals surface area contributed by atoms with E-state index < -0.39 is 15.1 Å². The van der Waals surface area contributed by atoms with Crippen LogP contribution in [-0.2, 0) is 15.6 Å². The van der Waals surface area contributed by atoms with E-state index in [9.17, 15) is 8.42 Å². The van der Waals surface area contributed by atoms with Gasteiger partial charge in [0.2, 0.25) is 0 Å². The van der Waals surface area contributed by atoms with Crippen molar-refractivity contribution < 1.29 is 8.42 Å². The maximum absolute atomic E-state index is 12.4. The topological polar surface area (TPSA) is 60.2 Å². The van der Waals surface area contributed by atoms with Crippen LogP contribution in [0.3, 0.4) is 0 Å². The summed E-state index contributed by atoms with van der Waals surface area (Å²) in [5, 5.41) is -0.433. The van der Waals surface area contributed by atoms with Crippen molar-refractivity contribution in [2.24, 2.45) is 5.73 Å². The average molecular weight is 269 g/mol. The molecule has 0 aliphatic carbocycles. The van der Waals surface area contributed by atoms with Crippen LogP contribution in [0.1, 0.15) is 38.7 Å². The fourth-order valence-corrected chi connectivity index (χ4v) is 4.30. The molecule has 0 aromatic heterocycles. The van der Waals surface area contributed by atoms with Gasteiger partial charge < -0.3 is 5.73 Å². The Bertz CT molecular complexity index is 442. The van der Waals surface area contributed by atoms with Gasteiger partial charge >= 0.3 is 0 Å². The third-order valence-electron chi connectivity index (χ3n) is 3.17. The Labute approximate surface area is 110 Å². The first-order chi connectivity index (χ1) is 8.51. The van der Waals surface area contributed by atoms with Crippen LogP contribution in [0.5, 0.6) is 0 Å². The van der Waals surface area contributed by atoms with Crippen molar-refractivity contribution in [1.29, 1.82) is 0 Å². The maximum Gasteiger partial charge on any atom is 0.158 e. The third kappa shape index (κ3) is 4.10. The van der Waals surface area contributed by atoms with E-state index in [1.165, 1.54) is 0 Å². The van der Waals surface area contributed by atoms with Gasteiger partial charge in [-0.15, -0.1) is 0 Å². The number of benzene rings is 1. The highest BCUT2D eigenvalue weighted by Crippen LogP contribution is 2.18. The second-order valence-corrected chi connectivity index (χ2v) is 6.91. The molecule has 0 heterocycles. The first kappa shape index (κ1) is 15.2. The molecule has 0 radical (unpaired) electrons. The lowest BCUT2D eigenvalue weighted by atomic mass is 10.1. The van der Waals surface area contributed by atoms with Crippen molar-refractivity contribution in [1.82, 2.24) is 0 Å². The lowest BCUT2D eigenvalue weighted by molar-refractivity contribution is 0.516. The summed E-state index contributed by atoms with van der Waals surface area (Å²) in [6.07, 6.45) is 2.25. The van der Waals surface area contributed by atoms with E-state index in [2.05, 4.69) is 0 Å². The predicted octanol–water partition coefficient (Wildman–Crippen LogP) is 2.51. The first-order valence-corrected chi connectivity index (χ1v) is 8.23. The minimum Gasteiger partial charge on any atom is -0.327 e. The van der Waals surface area contributed by atoms with Crippen molar-refractivity contribution in [3.05, 3.63) is 35.9 Å². The Hall–Kier alpha value is -0.870. The van der Waals surface area contributed by atoms with Crippen LogP contribution in [0, 0.1) is 0 Å². The lowest BCUT2D eigenvalue weighted by Crippen LogP contribution is -2.40. The molecule has 0 aliphatic heterocycles. The third-order valence-corrected chi connectivity index (χ3v) is 5.52.